The second kappa shape index (κ2) is 3.98. The first-order valence-corrected chi connectivity index (χ1v) is 6.04. The molecule has 18 heavy (non-hydrogen) atoms. The highest BCUT2D eigenvalue weighted by Crippen LogP contribution is 2.31. The number of ether oxygens (including phenoxy) is 1. The van der Waals surface area contributed by atoms with Crippen molar-refractivity contribution in [2.45, 2.75) is 20.5 Å². The lowest BCUT2D eigenvalue weighted by molar-refractivity contribution is 0.103. The predicted octanol–water partition coefficient (Wildman–Crippen LogP) is 3.43. The van der Waals surface area contributed by atoms with Crippen LogP contribution in [0, 0.1) is 13.8 Å². The van der Waals surface area contributed by atoms with Crippen molar-refractivity contribution >= 4 is 5.78 Å². The SMILES string of the molecule is Cc1ccc2c(c1C)C(=O)c1ccccc1CO2. The van der Waals surface area contributed by atoms with Crippen LogP contribution in [0.2, 0.25) is 0 Å². The fourth-order valence-corrected chi connectivity index (χ4v) is 2.35. The third-order valence-corrected chi connectivity index (χ3v) is 3.57. The quantitative estimate of drug-likeness (QED) is 0.703. The van der Waals surface area contributed by atoms with E-state index in [1.54, 1.807) is 0 Å². The molecular weight excluding hydrogens is 224 g/mol. The molecule has 0 aliphatic carbocycles. The van der Waals surface area contributed by atoms with Crippen molar-refractivity contribution in [1.82, 2.24) is 0 Å². The average Bonchev–Trinajstić information content (AvgIpc) is 2.53. The van der Waals surface area contributed by atoms with Gasteiger partial charge >= 0.3 is 0 Å². The lowest BCUT2D eigenvalue weighted by atomic mass is 9.94. The zero-order chi connectivity index (χ0) is 12.7. The van der Waals surface area contributed by atoms with Crippen LogP contribution < -0.4 is 4.74 Å². The van der Waals surface area contributed by atoms with Gasteiger partial charge in [0.05, 0.1) is 5.56 Å². The zero-order valence-electron chi connectivity index (χ0n) is 10.5. The van der Waals surface area contributed by atoms with Crippen LogP contribution in [0.25, 0.3) is 0 Å². The Kier molecular flexibility index (Phi) is 2.44. The summed E-state index contributed by atoms with van der Waals surface area (Å²) in [7, 11) is 0. The van der Waals surface area contributed by atoms with Gasteiger partial charge in [0.1, 0.15) is 12.4 Å². The number of carbonyl (C=O) groups excluding carboxylic acids is 1. The maximum Gasteiger partial charge on any atom is 0.197 e. The molecule has 0 spiro atoms. The van der Waals surface area contributed by atoms with E-state index < -0.39 is 0 Å². The van der Waals surface area contributed by atoms with Gasteiger partial charge in [-0.2, -0.15) is 0 Å². The van der Waals surface area contributed by atoms with Gasteiger partial charge < -0.3 is 4.74 Å². The van der Waals surface area contributed by atoms with Gasteiger partial charge in [-0.3, -0.25) is 4.79 Å². The van der Waals surface area contributed by atoms with Crippen LogP contribution in [0.3, 0.4) is 0 Å². The number of carbonyl (C=O) groups is 1. The van der Waals surface area contributed by atoms with Gasteiger partial charge in [0.25, 0.3) is 0 Å². The van der Waals surface area contributed by atoms with E-state index in [1.165, 1.54) is 0 Å². The van der Waals surface area contributed by atoms with Crippen LogP contribution in [0.5, 0.6) is 5.75 Å². The normalized spacial score (nSPS) is 13.3. The van der Waals surface area contributed by atoms with Gasteiger partial charge in [0, 0.05) is 11.1 Å². The maximum atomic E-state index is 12.6. The molecule has 2 nitrogen and oxygen atoms in total. The van der Waals surface area contributed by atoms with Crippen LogP contribution in [0.4, 0.5) is 0 Å². The minimum absolute atomic E-state index is 0.0688. The molecule has 0 saturated carbocycles. The van der Waals surface area contributed by atoms with E-state index in [0.717, 1.165) is 22.3 Å². The highest BCUT2D eigenvalue weighted by atomic mass is 16.5. The van der Waals surface area contributed by atoms with Crippen LogP contribution in [-0.2, 0) is 6.61 Å². The fraction of sp³-hybridized carbons (Fsp3) is 0.188. The summed E-state index contributed by atoms with van der Waals surface area (Å²) in [4.78, 5) is 12.6. The van der Waals surface area contributed by atoms with Crippen molar-refractivity contribution in [3.8, 4) is 5.75 Å². The number of aryl methyl sites for hydroxylation is 1. The summed E-state index contributed by atoms with van der Waals surface area (Å²) >= 11 is 0. The number of fused-ring (bicyclic) bond motifs is 2. The third-order valence-electron chi connectivity index (χ3n) is 3.57. The molecule has 1 aliphatic rings. The molecule has 3 rings (SSSR count). The van der Waals surface area contributed by atoms with Crippen molar-refractivity contribution in [2.24, 2.45) is 0 Å². The summed E-state index contributed by atoms with van der Waals surface area (Å²) in [6, 6.07) is 11.5. The fourth-order valence-electron chi connectivity index (χ4n) is 2.35. The Bertz CT molecular complexity index is 642. The molecule has 2 aromatic rings. The average molecular weight is 238 g/mol. The Hall–Kier alpha value is -2.09. The topological polar surface area (TPSA) is 26.3 Å². The number of hydrogen-bond donors (Lipinski definition) is 0. The van der Waals surface area contributed by atoms with Crippen molar-refractivity contribution in [1.29, 1.82) is 0 Å². The van der Waals surface area contributed by atoms with Crippen LogP contribution in [0.15, 0.2) is 36.4 Å². The second-order valence-electron chi connectivity index (χ2n) is 4.66. The molecule has 0 radical (unpaired) electrons. The Morgan fingerprint density at radius 1 is 1.06 bits per heavy atom. The van der Waals surface area contributed by atoms with Gasteiger partial charge in [-0.15, -0.1) is 0 Å². The molecule has 0 aromatic heterocycles. The van der Waals surface area contributed by atoms with E-state index in [-0.39, 0.29) is 5.78 Å². The van der Waals surface area contributed by atoms with Crippen LogP contribution >= 0.6 is 0 Å². The lowest BCUT2D eigenvalue weighted by Gasteiger charge is -2.10. The summed E-state index contributed by atoms with van der Waals surface area (Å²) in [5.74, 6) is 0.763. The highest BCUT2D eigenvalue weighted by Gasteiger charge is 2.24. The first-order chi connectivity index (χ1) is 8.68. The van der Waals surface area contributed by atoms with Gasteiger partial charge in [-0.1, -0.05) is 30.3 Å². The second-order valence-corrected chi connectivity index (χ2v) is 4.66. The Balaban J connectivity index is 2.27. The van der Waals surface area contributed by atoms with E-state index in [1.807, 2.05) is 50.2 Å². The first kappa shape index (κ1) is 11.0. The van der Waals surface area contributed by atoms with Crippen LogP contribution in [0.1, 0.15) is 32.6 Å². The van der Waals surface area contributed by atoms with Crippen LogP contribution in [-0.4, -0.2) is 5.78 Å². The van der Waals surface area contributed by atoms with Gasteiger partial charge in [0.2, 0.25) is 0 Å². The van der Waals surface area contributed by atoms with Crippen molar-refractivity contribution < 1.29 is 9.53 Å². The Morgan fingerprint density at radius 2 is 1.83 bits per heavy atom. The Morgan fingerprint density at radius 3 is 2.67 bits per heavy atom. The predicted molar refractivity (Wildman–Crippen MR) is 70.1 cm³/mol. The number of hydrogen-bond acceptors (Lipinski definition) is 2. The standard InChI is InChI=1S/C16H14O2/c1-10-7-8-14-15(11(10)2)16(17)13-6-4-3-5-12(13)9-18-14/h3-8H,9H2,1-2H3. The van der Waals surface area contributed by atoms with E-state index in [4.69, 9.17) is 4.74 Å². The number of ketones is 1. The highest BCUT2D eigenvalue weighted by molar-refractivity contribution is 6.13. The number of benzene rings is 2. The molecule has 90 valence electrons. The zero-order valence-corrected chi connectivity index (χ0v) is 10.5. The van der Waals surface area contributed by atoms with E-state index >= 15 is 0 Å². The molecule has 0 N–H and O–H groups in total. The van der Waals surface area contributed by atoms with E-state index in [2.05, 4.69) is 0 Å². The van der Waals surface area contributed by atoms with Crippen molar-refractivity contribution in [3.05, 3.63) is 64.2 Å². The molecule has 0 bridgehead atoms. The maximum absolute atomic E-state index is 12.6. The Labute approximate surface area is 106 Å². The molecule has 2 heteroatoms. The van der Waals surface area contributed by atoms with E-state index in [9.17, 15) is 4.79 Å². The molecule has 0 unspecified atom stereocenters. The van der Waals surface area contributed by atoms with Gasteiger partial charge in [-0.05, 0) is 31.0 Å². The molecule has 0 fully saturated rings. The summed E-state index contributed by atoms with van der Waals surface area (Å²) in [5, 5.41) is 0. The number of rotatable bonds is 0. The summed E-state index contributed by atoms with van der Waals surface area (Å²) in [5.41, 5.74) is 4.54. The summed E-state index contributed by atoms with van der Waals surface area (Å²) in [6.45, 7) is 4.44. The lowest BCUT2D eigenvalue weighted by Crippen LogP contribution is -2.05. The van der Waals surface area contributed by atoms with Gasteiger partial charge in [-0.25, -0.2) is 0 Å². The third kappa shape index (κ3) is 1.53. The molecule has 0 saturated heterocycles. The molecular formula is C16H14O2. The van der Waals surface area contributed by atoms with E-state index in [0.29, 0.717) is 17.9 Å². The summed E-state index contributed by atoms with van der Waals surface area (Å²) in [6.07, 6.45) is 0. The molecule has 1 heterocycles. The van der Waals surface area contributed by atoms with Gasteiger partial charge in [0.15, 0.2) is 5.78 Å². The molecule has 1 aliphatic heterocycles. The largest absolute Gasteiger partial charge is 0.488 e. The minimum atomic E-state index is 0.0688. The monoisotopic (exact) mass is 238 g/mol. The van der Waals surface area contributed by atoms with Crippen molar-refractivity contribution in [2.75, 3.05) is 0 Å². The minimum Gasteiger partial charge on any atom is -0.488 e. The molecule has 0 amide bonds. The molecule has 0 atom stereocenters. The molecule has 2 aromatic carbocycles. The smallest absolute Gasteiger partial charge is 0.197 e. The summed E-state index contributed by atoms with van der Waals surface area (Å²) < 4.78 is 5.76. The first-order valence-electron chi connectivity index (χ1n) is 6.04. The van der Waals surface area contributed by atoms with Crippen molar-refractivity contribution in [3.63, 3.8) is 0 Å².